The highest BCUT2D eigenvalue weighted by Crippen LogP contribution is 2.28. The SMILES string of the molecule is CCc1cc(F)cc(-c2c[nH]c(=O)c(NC(=O)c3ccc(N4CCC[C@H]4CN4CCCC4)cc3)c2)c1. The zero-order valence-electron chi connectivity index (χ0n) is 20.7. The minimum absolute atomic E-state index is 0.133. The summed E-state index contributed by atoms with van der Waals surface area (Å²) in [7, 11) is 0. The summed E-state index contributed by atoms with van der Waals surface area (Å²) in [6.45, 7) is 6.49. The lowest BCUT2D eigenvalue weighted by molar-refractivity contribution is 0.102. The number of aromatic nitrogens is 1. The van der Waals surface area contributed by atoms with Crippen molar-refractivity contribution in [2.75, 3.05) is 36.4 Å². The summed E-state index contributed by atoms with van der Waals surface area (Å²) < 4.78 is 14.0. The Morgan fingerprint density at radius 2 is 1.81 bits per heavy atom. The van der Waals surface area contributed by atoms with Crippen LogP contribution in [0.25, 0.3) is 11.1 Å². The Kier molecular flexibility index (Phi) is 7.18. The first-order valence-corrected chi connectivity index (χ1v) is 12.9. The van der Waals surface area contributed by atoms with Gasteiger partial charge in [0.1, 0.15) is 11.5 Å². The molecule has 6 nitrogen and oxygen atoms in total. The molecule has 5 rings (SSSR count). The average molecular weight is 489 g/mol. The fraction of sp³-hybridized carbons (Fsp3) is 0.379. The van der Waals surface area contributed by atoms with Gasteiger partial charge in [0.15, 0.2) is 0 Å². The second-order valence-electron chi connectivity index (χ2n) is 9.83. The van der Waals surface area contributed by atoms with Gasteiger partial charge in [0, 0.05) is 42.1 Å². The number of anilines is 2. The van der Waals surface area contributed by atoms with Gasteiger partial charge in [-0.3, -0.25) is 9.59 Å². The van der Waals surface area contributed by atoms with Crippen LogP contribution in [0.4, 0.5) is 15.8 Å². The fourth-order valence-electron chi connectivity index (χ4n) is 5.39. The van der Waals surface area contributed by atoms with Crippen LogP contribution in [-0.4, -0.2) is 48.0 Å². The van der Waals surface area contributed by atoms with Gasteiger partial charge in [-0.1, -0.05) is 13.0 Å². The summed E-state index contributed by atoms with van der Waals surface area (Å²) in [4.78, 5) is 33.0. The van der Waals surface area contributed by atoms with Crippen LogP contribution >= 0.6 is 0 Å². The van der Waals surface area contributed by atoms with Crippen molar-refractivity contribution in [2.24, 2.45) is 0 Å². The number of nitrogens with one attached hydrogen (secondary N) is 2. The summed E-state index contributed by atoms with van der Waals surface area (Å²) in [5.41, 5.74) is 3.49. The predicted octanol–water partition coefficient (Wildman–Crippen LogP) is 5.06. The van der Waals surface area contributed by atoms with Crippen molar-refractivity contribution in [3.63, 3.8) is 0 Å². The molecule has 2 aliphatic heterocycles. The molecule has 188 valence electrons. The molecule has 7 heteroatoms. The van der Waals surface area contributed by atoms with Crippen LogP contribution in [0, 0.1) is 5.82 Å². The minimum atomic E-state index is -0.405. The third-order valence-corrected chi connectivity index (χ3v) is 7.36. The molecule has 3 heterocycles. The monoisotopic (exact) mass is 488 g/mol. The van der Waals surface area contributed by atoms with Crippen molar-refractivity contribution in [1.82, 2.24) is 9.88 Å². The number of benzene rings is 2. The number of aromatic amines is 1. The van der Waals surface area contributed by atoms with Crippen LogP contribution in [0.3, 0.4) is 0 Å². The number of hydrogen-bond donors (Lipinski definition) is 2. The summed E-state index contributed by atoms with van der Waals surface area (Å²) in [6, 6.07) is 14.5. The van der Waals surface area contributed by atoms with Crippen LogP contribution in [0.2, 0.25) is 0 Å². The maximum Gasteiger partial charge on any atom is 0.271 e. The van der Waals surface area contributed by atoms with Crippen molar-refractivity contribution in [1.29, 1.82) is 0 Å². The second kappa shape index (κ2) is 10.7. The number of rotatable bonds is 7. The molecule has 0 bridgehead atoms. The number of carbonyl (C=O) groups is 1. The number of hydrogen-bond acceptors (Lipinski definition) is 4. The topological polar surface area (TPSA) is 68.4 Å². The van der Waals surface area contributed by atoms with Crippen molar-refractivity contribution >= 4 is 17.3 Å². The molecule has 0 aliphatic carbocycles. The lowest BCUT2D eigenvalue weighted by Gasteiger charge is -2.30. The number of H-pyrrole nitrogens is 1. The minimum Gasteiger partial charge on any atom is -0.367 e. The summed E-state index contributed by atoms with van der Waals surface area (Å²) in [5.74, 6) is -0.686. The van der Waals surface area contributed by atoms with Crippen LogP contribution in [0.15, 0.2) is 59.5 Å². The van der Waals surface area contributed by atoms with E-state index in [1.165, 1.54) is 57.1 Å². The molecule has 3 aromatic rings. The molecule has 1 amide bonds. The van der Waals surface area contributed by atoms with E-state index in [0.29, 0.717) is 29.2 Å². The summed E-state index contributed by atoms with van der Waals surface area (Å²) in [6.07, 6.45) is 7.21. The zero-order valence-corrected chi connectivity index (χ0v) is 20.7. The third-order valence-electron chi connectivity index (χ3n) is 7.36. The number of likely N-dealkylation sites (tertiary alicyclic amines) is 1. The van der Waals surface area contributed by atoms with Crippen LogP contribution < -0.4 is 15.8 Å². The predicted molar refractivity (Wildman–Crippen MR) is 142 cm³/mol. The van der Waals surface area contributed by atoms with Crippen LogP contribution in [-0.2, 0) is 6.42 Å². The summed E-state index contributed by atoms with van der Waals surface area (Å²) in [5, 5.41) is 2.73. The van der Waals surface area contributed by atoms with Gasteiger partial charge < -0.3 is 20.1 Å². The zero-order chi connectivity index (χ0) is 25.1. The Labute approximate surface area is 211 Å². The maximum absolute atomic E-state index is 14.0. The van der Waals surface area contributed by atoms with Gasteiger partial charge in [-0.2, -0.15) is 0 Å². The normalized spacial score (nSPS) is 18.1. The largest absolute Gasteiger partial charge is 0.367 e. The van der Waals surface area contributed by atoms with E-state index in [1.807, 2.05) is 37.3 Å². The fourth-order valence-corrected chi connectivity index (χ4v) is 5.39. The molecule has 1 atom stereocenters. The van der Waals surface area contributed by atoms with Gasteiger partial charge in [0.2, 0.25) is 0 Å². The van der Waals surface area contributed by atoms with Gasteiger partial charge in [-0.25, -0.2) is 4.39 Å². The molecular weight excluding hydrogens is 455 g/mol. The Morgan fingerprint density at radius 3 is 2.56 bits per heavy atom. The van der Waals surface area contributed by atoms with E-state index in [1.54, 1.807) is 6.07 Å². The highest BCUT2D eigenvalue weighted by Gasteiger charge is 2.27. The van der Waals surface area contributed by atoms with Crippen molar-refractivity contribution in [3.05, 3.63) is 82.0 Å². The Hall–Kier alpha value is -3.45. The van der Waals surface area contributed by atoms with Crippen LogP contribution in [0.5, 0.6) is 0 Å². The molecule has 0 saturated carbocycles. The Morgan fingerprint density at radius 1 is 1.03 bits per heavy atom. The highest BCUT2D eigenvalue weighted by molar-refractivity contribution is 6.04. The first-order chi connectivity index (χ1) is 17.5. The van der Waals surface area contributed by atoms with Crippen molar-refractivity contribution < 1.29 is 9.18 Å². The molecule has 0 spiro atoms. The first-order valence-electron chi connectivity index (χ1n) is 12.9. The molecule has 1 aromatic heterocycles. The number of halogens is 1. The van der Waals surface area contributed by atoms with E-state index >= 15 is 0 Å². The van der Waals surface area contributed by atoms with Gasteiger partial charge in [0.05, 0.1) is 0 Å². The number of aryl methyl sites for hydroxylation is 1. The highest BCUT2D eigenvalue weighted by atomic mass is 19.1. The Bertz CT molecular complexity index is 1280. The number of pyridine rings is 1. The van der Waals surface area contributed by atoms with Gasteiger partial charge in [0.25, 0.3) is 11.5 Å². The van der Waals surface area contributed by atoms with E-state index in [-0.39, 0.29) is 17.4 Å². The van der Waals surface area contributed by atoms with Crippen molar-refractivity contribution in [3.8, 4) is 11.1 Å². The Balaban J connectivity index is 1.29. The van der Waals surface area contributed by atoms with E-state index in [2.05, 4.69) is 20.1 Å². The standard InChI is InChI=1S/C29H33FN4O2/c1-2-20-14-22(16-24(30)15-20)23-17-27(29(36)31-18-23)32-28(35)21-7-9-25(10-8-21)34-13-5-6-26(34)19-33-11-3-4-12-33/h7-10,14-18,26H,2-6,11-13,19H2,1H3,(H,31,36)(H,32,35)/t26-/m0/s1. The molecule has 2 saturated heterocycles. The van der Waals surface area contributed by atoms with Gasteiger partial charge >= 0.3 is 0 Å². The lowest BCUT2D eigenvalue weighted by atomic mass is 10.0. The van der Waals surface area contributed by atoms with Crippen LogP contribution in [0.1, 0.15) is 48.5 Å². The molecule has 2 fully saturated rings. The smallest absolute Gasteiger partial charge is 0.271 e. The number of nitrogens with zero attached hydrogens (tertiary/aromatic N) is 2. The number of carbonyl (C=O) groups excluding carboxylic acids is 1. The third kappa shape index (κ3) is 5.36. The lowest BCUT2D eigenvalue weighted by Crippen LogP contribution is -2.39. The molecule has 36 heavy (non-hydrogen) atoms. The first kappa shape index (κ1) is 24.3. The molecule has 2 aliphatic rings. The van der Waals surface area contributed by atoms with Crippen molar-refractivity contribution in [2.45, 2.75) is 45.1 Å². The van der Waals surface area contributed by atoms with E-state index in [0.717, 1.165) is 24.3 Å². The molecule has 2 aromatic carbocycles. The van der Waals surface area contributed by atoms with Gasteiger partial charge in [-0.05, 0) is 98.8 Å². The molecule has 0 unspecified atom stereocenters. The summed E-state index contributed by atoms with van der Waals surface area (Å²) >= 11 is 0. The maximum atomic E-state index is 14.0. The second-order valence-corrected chi connectivity index (χ2v) is 9.83. The molecular formula is C29H33FN4O2. The van der Waals surface area contributed by atoms with E-state index in [4.69, 9.17) is 0 Å². The van der Waals surface area contributed by atoms with Gasteiger partial charge in [-0.15, -0.1) is 0 Å². The molecule has 2 N–H and O–H groups in total. The molecule has 0 radical (unpaired) electrons. The van der Waals surface area contributed by atoms with E-state index in [9.17, 15) is 14.0 Å². The average Bonchev–Trinajstić information content (AvgIpc) is 3.57. The number of amides is 1. The quantitative estimate of drug-likeness (QED) is 0.488. The van der Waals surface area contributed by atoms with E-state index < -0.39 is 5.56 Å².